The molecule has 14 nitrogen and oxygen atoms in total. The normalized spacial score (nSPS) is 24.3. The van der Waals surface area contributed by atoms with Crippen LogP contribution in [0.2, 0.25) is 0 Å². The first-order chi connectivity index (χ1) is 26.1. The van der Waals surface area contributed by atoms with Crippen LogP contribution in [0, 0.1) is 5.41 Å². The molecule has 6 rings (SSSR count). The van der Waals surface area contributed by atoms with Gasteiger partial charge in [-0.05, 0) is 75.1 Å². The maximum atomic E-state index is 14.6. The number of amides is 3. The molecule has 290 valence electrons. The Balaban J connectivity index is 1.27. The Bertz CT molecular complexity index is 1980. The number of carboxylic acid groups (broad SMARTS) is 1. The van der Waals surface area contributed by atoms with Crippen LogP contribution in [0.1, 0.15) is 69.6 Å². The molecule has 2 aromatic carbocycles. The summed E-state index contributed by atoms with van der Waals surface area (Å²) in [5.41, 5.74) is -1.20. The largest absolute Gasteiger partial charge is 0.479 e. The molecule has 1 unspecified atom stereocenters. The van der Waals surface area contributed by atoms with E-state index in [1.165, 1.54) is 18.1 Å². The van der Waals surface area contributed by atoms with Gasteiger partial charge >= 0.3 is 24.1 Å². The minimum Gasteiger partial charge on any atom is -0.479 e. The van der Waals surface area contributed by atoms with Crippen molar-refractivity contribution in [2.24, 2.45) is 5.41 Å². The molecule has 3 aliphatic heterocycles. The fourth-order valence-corrected chi connectivity index (χ4v) is 7.94. The van der Waals surface area contributed by atoms with Crippen LogP contribution >= 0.6 is 0 Å². The molecule has 3 heterocycles. The number of carbonyl (C=O) groups excluding carboxylic acids is 6. The number of esters is 1. The monoisotopic (exact) mass is 755 g/mol. The van der Waals surface area contributed by atoms with E-state index in [2.05, 4.69) is 5.32 Å². The zero-order valence-electron chi connectivity index (χ0n) is 31.3. The number of aliphatic carboxylic acids is 1. The van der Waals surface area contributed by atoms with E-state index in [0.29, 0.717) is 18.5 Å². The van der Waals surface area contributed by atoms with Crippen molar-refractivity contribution in [3.8, 4) is 0 Å². The Morgan fingerprint density at radius 2 is 1.71 bits per heavy atom. The summed E-state index contributed by atoms with van der Waals surface area (Å²) in [7, 11) is 1.18. The summed E-state index contributed by atoms with van der Waals surface area (Å²) < 4.78 is 15.9. The number of methoxy groups -OCH3 is 1. The Morgan fingerprint density at radius 1 is 0.982 bits per heavy atom. The molecule has 14 heteroatoms. The number of hydrogen-bond donors (Lipinski definition) is 2. The van der Waals surface area contributed by atoms with E-state index in [4.69, 9.17) is 14.2 Å². The zero-order chi connectivity index (χ0) is 39.7. The molecule has 2 aromatic rings. The highest BCUT2D eigenvalue weighted by molar-refractivity contribution is 6.13. The average Bonchev–Trinajstić information content (AvgIpc) is 3.74. The molecule has 0 radical (unpaired) electrons. The zero-order valence-corrected chi connectivity index (χ0v) is 31.3. The maximum absolute atomic E-state index is 14.6. The van der Waals surface area contributed by atoms with Crippen molar-refractivity contribution in [3.63, 3.8) is 0 Å². The molecule has 0 saturated carbocycles. The van der Waals surface area contributed by atoms with Crippen molar-refractivity contribution in [1.29, 1.82) is 0 Å². The summed E-state index contributed by atoms with van der Waals surface area (Å²) in [6.07, 6.45) is 3.27. The van der Waals surface area contributed by atoms with Gasteiger partial charge in [-0.1, -0.05) is 66.8 Å². The van der Waals surface area contributed by atoms with Gasteiger partial charge in [-0.25, -0.2) is 19.2 Å². The molecule has 4 atom stereocenters. The number of benzene rings is 2. The molecule has 3 amide bonds. The van der Waals surface area contributed by atoms with Crippen LogP contribution in [-0.2, 0) is 51.0 Å². The lowest BCUT2D eigenvalue weighted by molar-refractivity contribution is -0.156. The molecule has 1 fully saturated rings. The van der Waals surface area contributed by atoms with Gasteiger partial charge in [0.2, 0.25) is 0 Å². The van der Waals surface area contributed by atoms with Crippen molar-refractivity contribution in [3.05, 3.63) is 83.4 Å². The summed E-state index contributed by atoms with van der Waals surface area (Å²) in [5, 5.41) is 13.1. The lowest BCUT2D eigenvalue weighted by Gasteiger charge is -2.38. The third kappa shape index (κ3) is 7.49. The predicted octanol–water partition coefficient (Wildman–Crippen LogP) is 4.57. The SMILES string of the molecule is COC(=O)N[C@H]1CCc2cccc3c2N(C1=O)[C@H](C(=O)OCC(=O)C1(C(=O)C[C@]2(C(=O)O)CCCN2C(=O)OC(C)(C)C)C=CC(c2ccccc2)=CC1)C3. The second-order valence-electron chi connectivity index (χ2n) is 15.3. The second kappa shape index (κ2) is 15.2. The number of nitrogens with zero attached hydrogens (tertiary/aromatic N) is 2. The molecule has 0 spiro atoms. The van der Waals surface area contributed by atoms with E-state index >= 15 is 0 Å². The highest BCUT2D eigenvalue weighted by Crippen LogP contribution is 2.43. The van der Waals surface area contributed by atoms with Crippen molar-refractivity contribution in [2.75, 3.05) is 25.2 Å². The smallest absolute Gasteiger partial charge is 0.411 e. The third-order valence-electron chi connectivity index (χ3n) is 10.7. The first-order valence-electron chi connectivity index (χ1n) is 18.3. The molecule has 4 aliphatic rings. The first-order valence-corrected chi connectivity index (χ1v) is 18.3. The number of aryl methyl sites for hydroxylation is 1. The van der Waals surface area contributed by atoms with Gasteiger partial charge in [0, 0.05) is 19.4 Å². The van der Waals surface area contributed by atoms with Crippen LogP contribution in [-0.4, -0.2) is 95.1 Å². The lowest BCUT2D eigenvalue weighted by Crippen LogP contribution is -2.57. The van der Waals surface area contributed by atoms with Gasteiger partial charge in [0.15, 0.2) is 23.7 Å². The lowest BCUT2D eigenvalue weighted by atomic mass is 9.69. The topological polar surface area (TPSA) is 186 Å². The summed E-state index contributed by atoms with van der Waals surface area (Å²) in [5.74, 6) is -4.38. The number of anilines is 1. The number of ketones is 2. The van der Waals surface area contributed by atoms with Crippen molar-refractivity contribution < 1.29 is 52.9 Å². The van der Waals surface area contributed by atoms with Crippen molar-refractivity contribution >= 4 is 52.9 Å². The number of allylic oxidation sites excluding steroid dienone is 4. The highest BCUT2D eigenvalue weighted by atomic mass is 16.6. The van der Waals surface area contributed by atoms with Gasteiger partial charge < -0.3 is 24.6 Å². The minimum absolute atomic E-state index is 0.0394. The first kappa shape index (κ1) is 38.9. The molecule has 1 saturated heterocycles. The van der Waals surface area contributed by atoms with E-state index in [1.54, 1.807) is 39.0 Å². The summed E-state index contributed by atoms with van der Waals surface area (Å²) in [6.45, 7) is 4.13. The molecule has 0 aromatic heterocycles. The fraction of sp³-hybridized carbons (Fsp3) is 0.439. The molecule has 55 heavy (non-hydrogen) atoms. The van der Waals surface area contributed by atoms with Gasteiger partial charge in [0.05, 0.1) is 12.8 Å². The average molecular weight is 756 g/mol. The van der Waals surface area contributed by atoms with Gasteiger partial charge in [-0.2, -0.15) is 0 Å². The van der Waals surface area contributed by atoms with Crippen LogP contribution in [0.4, 0.5) is 15.3 Å². The number of carbonyl (C=O) groups is 7. The van der Waals surface area contributed by atoms with Gasteiger partial charge in [-0.15, -0.1) is 0 Å². The molecule has 2 N–H and O–H groups in total. The fourth-order valence-electron chi connectivity index (χ4n) is 7.94. The second-order valence-corrected chi connectivity index (χ2v) is 15.3. The number of ether oxygens (including phenoxy) is 3. The number of carboxylic acids is 1. The van der Waals surface area contributed by atoms with E-state index in [9.17, 15) is 38.7 Å². The number of hydrogen-bond acceptors (Lipinski definition) is 10. The number of para-hydroxylation sites is 1. The van der Waals surface area contributed by atoms with Gasteiger partial charge in [-0.3, -0.25) is 24.2 Å². The Labute approximate surface area is 318 Å². The van der Waals surface area contributed by atoms with Crippen LogP contribution in [0.25, 0.3) is 5.57 Å². The van der Waals surface area contributed by atoms with E-state index in [-0.39, 0.29) is 32.2 Å². The molecular formula is C41H45N3O11. The van der Waals surface area contributed by atoms with E-state index in [0.717, 1.165) is 27.2 Å². The maximum Gasteiger partial charge on any atom is 0.411 e. The third-order valence-corrected chi connectivity index (χ3v) is 10.7. The minimum atomic E-state index is -1.98. The standard InChI is InChI=1S/C41H45N3O11/c1-39(2,3)55-38(52)43-21-9-18-41(43,36(49)50)23-31(45)40(19-16-26(17-20-40)25-10-6-5-7-11-25)32(46)24-54-35(48)30-22-28-13-8-12-27-14-15-29(42-37(51)53-4)34(47)44(30)33(27)28/h5-8,10-13,16-17,19,29-30H,9,14-15,18,20-24H2,1-4H3,(H,42,51)(H,49,50)/t29-,30-,40?,41-/m0/s1. The Hall–Kier alpha value is -5.79. The van der Waals surface area contributed by atoms with Gasteiger partial charge in [0.25, 0.3) is 5.91 Å². The number of Topliss-reactive ketones (excluding diaryl/α,β-unsaturated/α-hetero) is 2. The highest BCUT2D eigenvalue weighted by Gasteiger charge is 2.56. The summed E-state index contributed by atoms with van der Waals surface area (Å²) in [6, 6.07) is 12.6. The summed E-state index contributed by atoms with van der Waals surface area (Å²) >= 11 is 0. The van der Waals surface area contributed by atoms with E-state index in [1.807, 2.05) is 42.5 Å². The molecule has 0 bridgehead atoms. The number of rotatable bonds is 10. The van der Waals surface area contributed by atoms with Crippen molar-refractivity contribution in [1.82, 2.24) is 10.2 Å². The summed E-state index contributed by atoms with van der Waals surface area (Å²) in [4.78, 5) is 97.4. The Morgan fingerprint density at radius 3 is 2.36 bits per heavy atom. The number of likely N-dealkylation sites (tertiary alicyclic amines) is 1. The van der Waals surface area contributed by atoms with E-state index < -0.39 is 83.3 Å². The van der Waals surface area contributed by atoms with Crippen LogP contribution in [0.5, 0.6) is 0 Å². The van der Waals surface area contributed by atoms with Crippen LogP contribution < -0.4 is 10.2 Å². The van der Waals surface area contributed by atoms with Crippen molar-refractivity contribution in [2.45, 2.75) is 88.9 Å². The molecule has 1 aliphatic carbocycles. The quantitative estimate of drug-likeness (QED) is 0.197. The van der Waals surface area contributed by atoms with Crippen LogP contribution in [0.3, 0.4) is 0 Å². The number of alkyl carbamates (subject to hydrolysis) is 1. The molecular weight excluding hydrogens is 710 g/mol. The van der Waals surface area contributed by atoms with Crippen LogP contribution in [0.15, 0.2) is 66.8 Å². The predicted molar refractivity (Wildman–Crippen MR) is 198 cm³/mol. The number of nitrogens with one attached hydrogen (secondary N) is 1. The van der Waals surface area contributed by atoms with Gasteiger partial charge in [0.1, 0.15) is 23.1 Å². The Kier molecular flexibility index (Phi) is 10.7.